The monoisotopic (exact) mass is 228 g/mol. The number of carbonyl (C=O) groups excluding carboxylic acids is 1. The molecule has 0 atom stereocenters. The molecule has 5 heteroatoms. The summed E-state index contributed by atoms with van der Waals surface area (Å²) in [7, 11) is 0. The molecule has 0 unspecified atom stereocenters. The Bertz CT molecular complexity index is 380. The molecule has 15 heavy (non-hydrogen) atoms. The number of ether oxygens (including phenoxy) is 1. The van der Waals surface area contributed by atoms with Gasteiger partial charge in [-0.25, -0.2) is 4.79 Å². The molecule has 0 saturated heterocycles. The molecule has 0 aliphatic rings. The summed E-state index contributed by atoms with van der Waals surface area (Å²) in [4.78, 5) is 10.7. The summed E-state index contributed by atoms with van der Waals surface area (Å²) in [6.45, 7) is 4.26. The third-order valence-electron chi connectivity index (χ3n) is 1.84. The Morgan fingerprint density at radius 3 is 2.80 bits per heavy atom. The first kappa shape index (κ1) is 11.7. The molecule has 2 amide bonds. The van der Waals surface area contributed by atoms with E-state index in [2.05, 4.69) is 5.32 Å². The van der Waals surface area contributed by atoms with E-state index in [9.17, 15) is 4.79 Å². The number of nitrogens with two attached hydrogens (primary N) is 1. The summed E-state index contributed by atoms with van der Waals surface area (Å²) < 4.78 is 5.30. The van der Waals surface area contributed by atoms with E-state index in [1.54, 1.807) is 12.1 Å². The van der Waals surface area contributed by atoms with Crippen molar-refractivity contribution in [2.75, 3.05) is 11.9 Å². The minimum atomic E-state index is -0.613. The molecule has 0 heterocycles. The highest BCUT2D eigenvalue weighted by molar-refractivity contribution is 6.32. The summed E-state index contributed by atoms with van der Waals surface area (Å²) in [6, 6.07) is 2.77. The molecule has 1 rings (SSSR count). The van der Waals surface area contributed by atoms with Crippen LogP contribution in [0.2, 0.25) is 5.02 Å². The van der Waals surface area contributed by atoms with Gasteiger partial charge in [-0.15, -0.1) is 0 Å². The molecule has 3 N–H and O–H groups in total. The summed E-state index contributed by atoms with van der Waals surface area (Å²) in [5.74, 6) is 0.603. The van der Waals surface area contributed by atoms with Crippen LogP contribution in [-0.2, 0) is 0 Å². The Kier molecular flexibility index (Phi) is 3.80. The molecule has 0 saturated carbocycles. The molecule has 1 aromatic rings. The average Bonchev–Trinajstić information content (AvgIpc) is 2.13. The van der Waals surface area contributed by atoms with Crippen LogP contribution in [0.4, 0.5) is 10.5 Å². The Balaban J connectivity index is 3.02. The number of nitrogens with one attached hydrogen (secondary N) is 1. The Morgan fingerprint density at radius 1 is 1.60 bits per heavy atom. The molecule has 0 aliphatic heterocycles. The highest BCUT2D eigenvalue weighted by Gasteiger charge is 2.07. The molecule has 0 aromatic heterocycles. The van der Waals surface area contributed by atoms with Crippen LogP contribution in [0.3, 0.4) is 0 Å². The standard InChI is InChI=1S/C10H13ClN2O2/c1-3-15-9-4-6(2)8(5-7(9)11)13-10(12)14/h4-5H,3H2,1-2H3,(H3,12,13,14). The Labute approximate surface area is 93.4 Å². The first-order valence-corrected chi connectivity index (χ1v) is 4.91. The van der Waals surface area contributed by atoms with Crippen LogP contribution >= 0.6 is 11.6 Å². The van der Waals surface area contributed by atoms with Crippen LogP contribution in [-0.4, -0.2) is 12.6 Å². The molecule has 4 nitrogen and oxygen atoms in total. The number of hydrogen-bond acceptors (Lipinski definition) is 2. The topological polar surface area (TPSA) is 64.3 Å². The van der Waals surface area contributed by atoms with Crippen molar-refractivity contribution in [2.24, 2.45) is 5.73 Å². The maximum atomic E-state index is 10.7. The zero-order valence-corrected chi connectivity index (χ0v) is 9.39. The predicted octanol–water partition coefficient (Wildman–Crippen LogP) is 2.54. The number of aryl methyl sites for hydroxylation is 1. The lowest BCUT2D eigenvalue weighted by atomic mass is 10.2. The third-order valence-corrected chi connectivity index (χ3v) is 2.13. The number of carbonyl (C=O) groups is 1. The predicted molar refractivity (Wildman–Crippen MR) is 60.6 cm³/mol. The normalized spacial score (nSPS) is 9.80. The molecular weight excluding hydrogens is 216 g/mol. The maximum absolute atomic E-state index is 10.7. The Hall–Kier alpha value is -1.42. The van der Waals surface area contributed by atoms with Crippen molar-refractivity contribution < 1.29 is 9.53 Å². The fraction of sp³-hybridized carbons (Fsp3) is 0.300. The van der Waals surface area contributed by atoms with Crippen molar-refractivity contribution in [2.45, 2.75) is 13.8 Å². The van der Waals surface area contributed by atoms with Gasteiger partial charge in [0, 0.05) is 5.69 Å². The molecule has 0 bridgehead atoms. The van der Waals surface area contributed by atoms with E-state index in [4.69, 9.17) is 22.1 Å². The van der Waals surface area contributed by atoms with Gasteiger partial charge in [0.05, 0.1) is 11.6 Å². The molecule has 0 spiro atoms. The highest BCUT2D eigenvalue weighted by atomic mass is 35.5. The van der Waals surface area contributed by atoms with Crippen molar-refractivity contribution >= 4 is 23.3 Å². The van der Waals surface area contributed by atoms with Crippen molar-refractivity contribution in [1.82, 2.24) is 0 Å². The maximum Gasteiger partial charge on any atom is 0.316 e. The number of anilines is 1. The van der Waals surface area contributed by atoms with Gasteiger partial charge in [-0.1, -0.05) is 11.6 Å². The van der Waals surface area contributed by atoms with E-state index < -0.39 is 6.03 Å². The fourth-order valence-electron chi connectivity index (χ4n) is 1.19. The van der Waals surface area contributed by atoms with E-state index in [1.807, 2.05) is 13.8 Å². The number of urea groups is 1. The zero-order chi connectivity index (χ0) is 11.4. The molecule has 82 valence electrons. The minimum absolute atomic E-state index is 0.450. The number of amides is 2. The fourth-order valence-corrected chi connectivity index (χ4v) is 1.41. The summed E-state index contributed by atoms with van der Waals surface area (Å²) >= 11 is 5.95. The van der Waals surface area contributed by atoms with Crippen LogP contribution in [0.25, 0.3) is 0 Å². The van der Waals surface area contributed by atoms with Crippen LogP contribution in [0.15, 0.2) is 12.1 Å². The van der Waals surface area contributed by atoms with Gasteiger partial charge in [0.1, 0.15) is 5.75 Å². The summed E-state index contributed by atoms with van der Waals surface area (Å²) in [5.41, 5.74) is 6.46. The van der Waals surface area contributed by atoms with Gasteiger partial charge in [-0.05, 0) is 31.5 Å². The lowest BCUT2D eigenvalue weighted by Gasteiger charge is -2.11. The second-order valence-corrected chi connectivity index (χ2v) is 3.43. The SMILES string of the molecule is CCOc1cc(C)c(NC(N)=O)cc1Cl. The summed E-state index contributed by atoms with van der Waals surface area (Å²) in [6.07, 6.45) is 0. The van der Waals surface area contributed by atoms with Crippen molar-refractivity contribution in [3.05, 3.63) is 22.7 Å². The molecule has 0 radical (unpaired) electrons. The largest absolute Gasteiger partial charge is 0.492 e. The van der Waals surface area contributed by atoms with E-state index in [-0.39, 0.29) is 0 Å². The van der Waals surface area contributed by atoms with Gasteiger partial charge in [-0.2, -0.15) is 0 Å². The molecule has 0 fully saturated rings. The Morgan fingerprint density at radius 2 is 2.27 bits per heavy atom. The minimum Gasteiger partial charge on any atom is -0.492 e. The van der Waals surface area contributed by atoms with Crippen LogP contribution < -0.4 is 15.8 Å². The van der Waals surface area contributed by atoms with Gasteiger partial charge >= 0.3 is 6.03 Å². The molecule has 0 aliphatic carbocycles. The second kappa shape index (κ2) is 4.89. The van der Waals surface area contributed by atoms with Crippen LogP contribution in [0, 0.1) is 6.92 Å². The number of halogens is 1. The summed E-state index contributed by atoms with van der Waals surface area (Å²) in [5, 5.41) is 2.93. The lowest BCUT2D eigenvalue weighted by Crippen LogP contribution is -2.19. The van der Waals surface area contributed by atoms with Crippen molar-refractivity contribution in [3.8, 4) is 5.75 Å². The van der Waals surface area contributed by atoms with E-state index in [0.717, 1.165) is 5.56 Å². The van der Waals surface area contributed by atoms with Gasteiger partial charge in [0.15, 0.2) is 0 Å². The molecular formula is C10H13ClN2O2. The second-order valence-electron chi connectivity index (χ2n) is 3.02. The first-order valence-electron chi connectivity index (χ1n) is 4.54. The molecule has 1 aromatic carbocycles. The van der Waals surface area contributed by atoms with Gasteiger partial charge in [0.25, 0.3) is 0 Å². The quantitative estimate of drug-likeness (QED) is 0.835. The lowest BCUT2D eigenvalue weighted by molar-refractivity contribution is 0.259. The number of rotatable bonds is 3. The number of hydrogen-bond donors (Lipinski definition) is 2. The first-order chi connectivity index (χ1) is 7.04. The van der Waals surface area contributed by atoms with Gasteiger partial charge < -0.3 is 15.8 Å². The zero-order valence-electron chi connectivity index (χ0n) is 8.63. The average molecular weight is 229 g/mol. The van der Waals surface area contributed by atoms with Crippen molar-refractivity contribution in [1.29, 1.82) is 0 Å². The van der Waals surface area contributed by atoms with E-state index in [1.165, 1.54) is 0 Å². The van der Waals surface area contributed by atoms with Crippen molar-refractivity contribution in [3.63, 3.8) is 0 Å². The van der Waals surface area contributed by atoms with E-state index in [0.29, 0.717) is 23.1 Å². The third kappa shape index (κ3) is 3.02. The van der Waals surface area contributed by atoms with E-state index >= 15 is 0 Å². The highest BCUT2D eigenvalue weighted by Crippen LogP contribution is 2.30. The van der Waals surface area contributed by atoms with Gasteiger partial charge in [0.2, 0.25) is 0 Å². The smallest absolute Gasteiger partial charge is 0.316 e. The number of primary amides is 1. The number of benzene rings is 1. The van der Waals surface area contributed by atoms with Crippen LogP contribution in [0.5, 0.6) is 5.75 Å². The van der Waals surface area contributed by atoms with Gasteiger partial charge in [-0.3, -0.25) is 0 Å². The van der Waals surface area contributed by atoms with Crippen LogP contribution in [0.1, 0.15) is 12.5 Å².